The van der Waals surface area contributed by atoms with E-state index in [0.29, 0.717) is 16.3 Å². The van der Waals surface area contributed by atoms with Crippen LogP contribution in [0.25, 0.3) is 0 Å². The lowest BCUT2D eigenvalue weighted by Gasteiger charge is -2.28. The Kier molecular flexibility index (Phi) is 6.00. The topological polar surface area (TPSA) is 85.4 Å². The van der Waals surface area contributed by atoms with E-state index >= 15 is 0 Å². The van der Waals surface area contributed by atoms with Gasteiger partial charge in [0.05, 0.1) is 29.1 Å². The van der Waals surface area contributed by atoms with Crippen LogP contribution in [0.4, 0.5) is 0 Å². The van der Waals surface area contributed by atoms with Crippen molar-refractivity contribution in [3.63, 3.8) is 0 Å². The molecule has 1 N–H and O–H groups in total. The minimum atomic E-state index is -3.42. The maximum atomic E-state index is 12.3. The molecule has 1 amide bonds. The van der Waals surface area contributed by atoms with Crippen molar-refractivity contribution in [2.24, 2.45) is 5.92 Å². The van der Waals surface area contributed by atoms with Gasteiger partial charge >= 0.3 is 0 Å². The molecule has 1 aromatic heterocycles. The van der Waals surface area contributed by atoms with Crippen molar-refractivity contribution >= 4 is 27.6 Å². The maximum absolute atomic E-state index is 12.3. The molecule has 1 aliphatic carbocycles. The van der Waals surface area contributed by atoms with Crippen LogP contribution in [0.2, 0.25) is 5.02 Å². The number of rotatable bonds is 5. The standard InChI is InChI=1S/C15H21ClN2O4S/c1-10-14(7-12(16)8-17-10)15(19)18-13-5-3-11(4-6-13)9-23(20,21)22-2/h7-8,11,13H,3-6,9H2,1-2H3,(H,18,19)/t11-,13-. The Hall–Kier alpha value is -1.18. The van der Waals surface area contributed by atoms with Crippen LogP contribution in [0, 0.1) is 12.8 Å². The van der Waals surface area contributed by atoms with Gasteiger partial charge in [-0.25, -0.2) is 0 Å². The molecule has 6 nitrogen and oxygen atoms in total. The molecule has 0 aromatic carbocycles. The molecule has 0 unspecified atom stereocenters. The molecule has 1 aliphatic rings. The molecule has 1 saturated carbocycles. The van der Waals surface area contributed by atoms with Gasteiger partial charge in [0.1, 0.15) is 0 Å². The van der Waals surface area contributed by atoms with Crippen molar-refractivity contribution in [1.82, 2.24) is 10.3 Å². The van der Waals surface area contributed by atoms with E-state index in [2.05, 4.69) is 14.5 Å². The van der Waals surface area contributed by atoms with Gasteiger partial charge in [-0.3, -0.25) is 14.0 Å². The number of pyridine rings is 1. The number of hydrogen-bond acceptors (Lipinski definition) is 5. The second-order valence-electron chi connectivity index (χ2n) is 5.87. The van der Waals surface area contributed by atoms with Gasteiger partial charge in [-0.1, -0.05) is 11.6 Å². The number of amides is 1. The summed E-state index contributed by atoms with van der Waals surface area (Å²) in [5.74, 6) is -0.0604. The van der Waals surface area contributed by atoms with Crippen LogP contribution in [-0.2, 0) is 14.3 Å². The van der Waals surface area contributed by atoms with Crippen molar-refractivity contribution in [3.05, 3.63) is 28.5 Å². The van der Waals surface area contributed by atoms with E-state index in [1.54, 1.807) is 13.0 Å². The summed E-state index contributed by atoms with van der Waals surface area (Å²) in [5.41, 5.74) is 1.10. The average molecular weight is 361 g/mol. The summed E-state index contributed by atoms with van der Waals surface area (Å²) in [6.45, 7) is 1.76. The average Bonchev–Trinajstić information content (AvgIpc) is 2.51. The molecule has 1 aromatic rings. The molecule has 128 valence electrons. The van der Waals surface area contributed by atoms with E-state index in [0.717, 1.165) is 25.7 Å². The first-order valence-corrected chi connectivity index (χ1v) is 9.47. The Morgan fingerprint density at radius 1 is 1.39 bits per heavy atom. The molecule has 8 heteroatoms. The number of carbonyl (C=O) groups excluding carboxylic acids is 1. The van der Waals surface area contributed by atoms with Gasteiger partial charge in [0.25, 0.3) is 16.0 Å². The number of nitrogens with zero attached hydrogens (tertiary/aromatic N) is 1. The highest BCUT2D eigenvalue weighted by Gasteiger charge is 2.27. The van der Waals surface area contributed by atoms with Gasteiger partial charge in [0, 0.05) is 12.2 Å². The molecular weight excluding hydrogens is 340 g/mol. The summed E-state index contributed by atoms with van der Waals surface area (Å²) < 4.78 is 27.4. The van der Waals surface area contributed by atoms with Gasteiger partial charge in [-0.05, 0) is 44.6 Å². The van der Waals surface area contributed by atoms with Crippen molar-refractivity contribution in [3.8, 4) is 0 Å². The largest absolute Gasteiger partial charge is 0.349 e. The van der Waals surface area contributed by atoms with E-state index in [9.17, 15) is 13.2 Å². The number of aryl methyl sites for hydroxylation is 1. The molecule has 0 bridgehead atoms. The van der Waals surface area contributed by atoms with Crippen LogP contribution >= 0.6 is 11.6 Å². The zero-order valence-electron chi connectivity index (χ0n) is 13.2. The van der Waals surface area contributed by atoms with E-state index in [1.165, 1.54) is 13.3 Å². The minimum absolute atomic E-state index is 0.0431. The van der Waals surface area contributed by atoms with Crippen LogP contribution in [0.15, 0.2) is 12.3 Å². The predicted molar refractivity (Wildman–Crippen MR) is 88.0 cm³/mol. The number of hydrogen-bond donors (Lipinski definition) is 1. The van der Waals surface area contributed by atoms with Crippen LogP contribution in [0.3, 0.4) is 0 Å². The Morgan fingerprint density at radius 2 is 2.04 bits per heavy atom. The highest BCUT2D eigenvalue weighted by Crippen LogP contribution is 2.26. The minimum Gasteiger partial charge on any atom is -0.349 e. The molecule has 1 heterocycles. The fraction of sp³-hybridized carbons (Fsp3) is 0.600. The molecule has 2 rings (SSSR count). The number of aromatic nitrogens is 1. The zero-order chi connectivity index (χ0) is 17.0. The van der Waals surface area contributed by atoms with E-state index in [1.807, 2.05) is 0 Å². The highest BCUT2D eigenvalue weighted by atomic mass is 35.5. The zero-order valence-corrected chi connectivity index (χ0v) is 14.8. The third-order valence-corrected chi connectivity index (χ3v) is 5.77. The van der Waals surface area contributed by atoms with Gasteiger partial charge in [-0.2, -0.15) is 8.42 Å². The van der Waals surface area contributed by atoms with Gasteiger partial charge in [0.2, 0.25) is 0 Å². The SMILES string of the molecule is COS(=O)(=O)C[C@H]1CC[C@H](NC(=O)c2cc(Cl)cnc2C)CC1. The fourth-order valence-corrected chi connectivity index (χ4v) is 4.04. The molecule has 0 saturated heterocycles. The van der Waals surface area contributed by atoms with Crippen LogP contribution < -0.4 is 5.32 Å². The summed E-state index contributed by atoms with van der Waals surface area (Å²) in [6.07, 6.45) is 4.51. The van der Waals surface area contributed by atoms with E-state index in [4.69, 9.17) is 11.6 Å². The highest BCUT2D eigenvalue weighted by molar-refractivity contribution is 7.86. The van der Waals surface area contributed by atoms with Crippen LogP contribution in [0.5, 0.6) is 0 Å². The molecule has 0 spiro atoms. The number of halogens is 1. The van der Waals surface area contributed by atoms with Gasteiger partial charge < -0.3 is 5.32 Å². The van der Waals surface area contributed by atoms with Gasteiger partial charge in [-0.15, -0.1) is 0 Å². The third kappa shape index (κ3) is 5.16. The Bertz CT molecular complexity index is 670. The Labute approximate surface area is 141 Å². The van der Waals surface area contributed by atoms with Gasteiger partial charge in [0.15, 0.2) is 0 Å². The first-order chi connectivity index (χ1) is 10.8. The first kappa shape index (κ1) is 18.2. The smallest absolute Gasteiger partial charge is 0.267 e. The summed E-state index contributed by atoms with van der Waals surface area (Å²) >= 11 is 5.89. The fourth-order valence-electron chi connectivity index (χ4n) is 2.83. The summed E-state index contributed by atoms with van der Waals surface area (Å²) in [4.78, 5) is 16.4. The third-order valence-electron chi connectivity index (χ3n) is 4.17. The van der Waals surface area contributed by atoms with Crippen molar-refractivity contribution in [1.29, 1.82) is 0 Å². The predicted octanol–water partition coefficient (Wildman–Crippen LogP) is 2.31. The summed E-state index contributed by atoms with van der Waals surface area (Å²) in [5, 5.41) is 3.41. The molecular formula is C15H21ClN2O4S. The van der Waals surface area contributed by atoms with Crippen molar-refractivity contribution in [2.75, 3.05) is 12.9 Å². The Morgan fingerprint density at radius 3 is 2.65 bits per heavy atom. The van der Waals surface area contributed by atoms with Crippen molar-refractivity contribution in [2.45, 2.75) is 38.6 Å². The summed E-state index contributed by atoms with van der Waals surface area (Å²) in [7, 11) is -2.24. The van der Waals surface area contributed by atoms with Crippen LogP contribution in [-0.4, -0.2) is 38.2 Å². The quantitative estimate of drug-likeness (QED) is 0.814. The monoisotopic (exact) mass is 360 g/mol. The number of carbonyl (C=O) groups is 1. The van der Waals surface area contributed by atoms with E-state index < -0.39 is 10.1 Å². The molecule has 0 radical (unpaired) electrons. The second kappa shape index (κ2) is 7.59. The number of nitrogens with one attached hydrogen (secondary N) is 1. The Balaban J connectivity index is 1.89. The lowest BCUT2D eigenvalue weighted by Crippen LogP contribution is -2.38. The second-order valence-corrected chi connectivity index (χ2v) is 8.09. The molecule has 1 fully saturated rings. The maximum Gasteiger partial charge on any atom is 0.267 e. The summed E-state index contributed by atoms with van der Waals surface area (Å²) in [6, 6.07) is 1.65. The molecule has 0 aliphatic heterocycles. The van der Waals surface area contributed by atoms with Crippen molar-refractivity contribution < 1.29 is 17.4 Å². The molecule has 23 heavy (non-hydrogen) atoms. The lowest BCUT2D eigenvalue weighted by molar-refractivity contribution is 0.0922. The first-order valence-electron chi connectivity index (χ1n) is 7.52. The normalized spacial score (nSPS) is 21.9. The van der Waals surface area contributed by atoms with E-state index in [-0.39, 0.29) is 23.6 Å². The van der Waals surface area contributed by atoms with Crippen LogP contribution in [0.1, 0.15) is 41.7 Å². The lowest BCUT2D eigenvalue weighted by atomic mass is 9.87. The molecule has 0 atom stereocenters.